The Labute approximate surface area is 112 Å². The van der Waals surface area contributed by atoms with Gasteiger partial charge in [0.2, 0.25) is 0 Å². The maximum atomic E-state index is 11.4. The second-order valence-corrected chi connectivity index (χ2v) is 5.43. The molecule has 1 aliphatic carbocycles. The van der Waals surface area contributed by atoms with Gasteiger partial charge in [-0.1, -0.05) is 12.8 Å². The third kappa shape index (κ3) is 2.48. The molecule has 2 N–H and O–H groups in total. The molecule has 0 spiro atoms. The highest BCUT2D eigenvalue weighted by atomic mass is 16.5. The van der Waals surface area contributed by atoms with Crippen LogP contribution in [0.15, 0.2) is 12.3 Å². The lowest BCUT2D eigenvalue weighted by atomic mass is 10.0. The van der Waals surface area contributed by atoms with E-state index in [1.807, 2.05) is 6.07 Å². The van der Waals surface area contributed by atoms with Gasteiger partial charge in [0.05, 0.1) is 5.56 Å². The van der Waals surface area contributed by atoms with Gasteiger partial charge in [0, 0.05) is 37.4 Å². The number of rotatable bonds is 2. The van der Waals surface area contributed by atoms with Crippen LogP contribution in [0.2, 0.25) is 0 Å². The molecule has 3 rings (SSSR count). The highest BCUT2D eigenvalue weighted by Crippen LogP contribution is 2.28. The number of hydrogen-bond acceptors (Lipinski definition) is 4. The number of aromatic nitrogens is 1. The maximum Gasteiger partial charge on any atom is 0.276 e. The Kier molecular flexibility index (Phi) is 3.48. The summed E-state index contributed by atoms with van der Waals surface area (Å²) in [5.74, 6) is -0.492. The van der Waals surface area contributed by atoms with Crippen molar-refractivity contribution < 1.29 is 10.0 Å². The van der Waals surface area contributed by atoms with E-state index in [-0.39, 0.29) is 0 Å². The van der Waals surface area contributed by atoms with E-state index < -0.39 is 5.91 Å². The van der Waals surface area contributed by atoms with E-state index in [9.17, 15) is 4.79 Å². The predicted octanol–water partition coefficient (Wildman–Crippen LogP) is 1.50. The summed E-state index contributed by atoms with van der Waals surface area (Å²) in [6.45, 7) is 1.94. The average Bonchev–Trinajstić information content (AvgIpc) is 2.99. The number of carbonyl (C=O) groups excluding carboxylic acids is 1. The number of carbonyl (C=O) groups is 1. The zero-order valence-electron chi connectivity index (χ0n) is 10.9. The molecule has 1 amide bonds. The number of nitrogens with zero attached hydrogens (tertiary/aromatic N) is 2. The fraction of sp³-hybridized carbons (Fsp3) is 0.571. The Bertz CT molecular complexity index is 484. The quantitative estimate of drug-likeness (QED) is 0.625. The van der Waals surface area contributed by atoms with Crippen LogP contribution in [0.1, 0.15) is 47.3 Å². The first-order valence-electron chi connectivity index (χ1n) is 6.94. The number of hydrogen-bond donors (Lipinski definition) is 2. The second kappa shape index (κ2) is 5.27. The van der Waals surface area contributed by atoms with Crippen molar-refractivity contribution in [3.05, 3.63) is 29.1 Å². The van der Waals surface area contributed by atoms with Crippen molar-refractivity contribution in [2.24, 2.45) is 0 Å². The van der Waals surface area contributed by atoms with Gasteiger partial charge in [-0.2, -0.15) is 0 Å². The van der Waals surface area contributed by atoms with Crippen LogP contribution in [0.25, 0.3) is 0 Å². The first-order valence-corrected chi connectivity index (χ1v) is 6.94. The lowest BCUT2D eigenvalue weighted by Gasteiger charge is -2.33. The summed E-state index contributed by atoms with van der Waals surface area (Å²) in [5, 5.41) is 8.68. The molecular weight excluding hydrogens is 242 g/mol. The van der Waals surface area contributed by atoms with Crippen molar-refractivity contribution in [3.63, 3.8) is 0 Å². The van der Waals surface area contributed by atoms with Gasteiger partial charge in [-0.25, -0.2) is 5.48 Å². The smallest absolute Gasteiger partial charge is 0.276 e. The lowest BCUT2D eigenvalue weighted by molar-refractivity contribution is 0.0705. The normalized spacial score (nSPS) is 20.3. The minimum absolute atomic E-state index is 0.425. The van der Waals surface area contributed by atoms with Crippen molar-refractivity contribution in [2.75, 3.05) is 6.54 Å². The zero-order valence-corrected chi connectivity index (χ0v) is 10.9. The Morgan fingerprint density at radius 1 is 1.42 bits per heavy atom. The molecule has 1 aliphatic heterocycles. The SMILES string of the molecule is O=C(NO)c1cnc2c(c1)CN(C1CCCC1)CC2. The van der Waals surface area contributed by atoms with Gasteiger partial charge in [0.15, 0.2) is 0 Å². The molecule has 1 fully saturated rings. The van der Waals surface area contributed by atoms with Crippen LogP contribution in [0.4, 0.5) is 0 Å². The molecule has 19 heavy (non-hydrogen) atoms. The molecule has 0 bridgehead atoms. The van der Waals surface area contributed by atoms with Gasteiger partial charge >= 0.3 is 0 Å². The van der Waals surface area contributed by atoms with E-state index in [1.165, 1.54) is 31.9 Å². The van der Waals surface area contributed by atoms with E-state index >= 15 is 0 Å². The molecule has 2 heterocycles. The Morgan fingerprint density at radius 2 is 2.21 bits per heavy atom. The molecule has 1 saturated carbocycles. The Balaban J connectivity index is 1.80. The molecule has 0 unspecified atom stereocenters. The highest BCUT2D eigenvalue weighted by Gasteiger charge is 2.26. The average molecular weight is 261 g/mol. The molecule has 0 aromatic carbocycles. The topological polar surface area (TPSA) is 65.5 Å². The third-order valence-corrected chi connectivity index (χ3v) is 4.27. The van der Waals surface area contributed by atoms with E-state index in [4.69, 9.17) is 5.21 Å². The molecule has 1 aromatic heterocycles. The standard InChI is InChI=1S/C14H19N3O2/c18-14(16-19)10-7-11-9-17(12-3-1-2-4-12)6-5-13(11)15-8-10/h7-8,12,19H,1-6,9H2,(H,16,18). The van der Waals surface area contributed by atoms with Crippen LogP contribution >= 0.6 is 0 Å². The fourth-order valence-corrected chi connectivity index (χ4v) is 3.22. The summed E-state index contributed by atoms with van der Waals surface area (Å²) in [5.41, 5.74) is 4.30. The van der Waals surface area contributed by atoms with Crippen molar-refractivity contribution in [3.8, 4) is 0 Å². The number of pyridine rings is 1. The van der Waals surface area contributed by atoms with Crippen LogP contribution in [0.3, 0.4) is 0 Å². The first kappa shape index (κ1) is 12.6. The van der Waals surface area contributed by atoms with E-state index in [2.05, 4.69) is 9.88 Å². The van der Waals surface area contributed by atoms with Gasteiger partial charge in [-0.3, -0.25) is 19.9 Å². The van der Waals surface area contributed by atoms with Crippen LogP contribution < -0.4 is 5.48 Å². The second-order valence-electron chi connectivity index (χ2n) is 5.43. The number of fused-ring (bicyclic) bond motifs is 1. The van der Waals surface area contributed by atoms with Crippen LogP contribution in [0.5, 0.6) is 0 Å². The summed E-state index contributed by atoms with van der Waals surface area (Å²) in [6.07, 6.45) is 7.74. The van der Waals surface area contributed by atoms with Crippen LogP contribution in [-0.2, 0) is 13.0 Å². The molecule has 1 aromatic rings. The first-order chi connectivity index (χ1) is 9.28. The highest BCUT2D eigenvalue weighted by molar-refractivity contribution is 5.93. The molecule has 0 atom stereocenters. The van der Waals surface area contributed by atoms with Gasteiger partial charge < -0.3 is 0 Å². The molecule has 2 aliphatic rings. The number of nitrogens with one attached hydrogen (secondary N) is 1. The summed E-state index contributed by atoms with van der Waals surface area (Å²) >= 11 is 0. The zero-order chi connectivity index (χ0) is 13.2. The number of hydroxylamine groups is 1. The predicted molar refractivity (Wildman–Crippen MR) is 69.9 cm³/mol. The Hall–Kier alpha value is -1.46. The largest absolute Gasteiger partial charge is 0.296 e. The molecular formula is C14H19N3O2. The monoisotopic (exact) mass is 261 g/mol. The number of amides is 1. The van der Waals surface area contributed by atoms with Gasteiger partial charge in [0.25, 0.3) is 5.91 Å². The molecule has 0 radical (unpaired) electrons. The van der Waals surface area contributed by atoms with Gasteiger partial charge in [-0.05, 0) is 24.5 Å². The molecule has 102 valence electrons. The Morgan fingerprint density at radius 3 is 2.95 bits per heavy atom. The summed E-state index contributed by atoms with van der Waals surface area (Å²) in [4.78, 5) is 18.3. The van der Waals surface area contributed by atoms with Crippen LogP contribution in [0, 0.1) is 0 Å². The summed E-state index contributed by atoms with van der Waals surface area (Å²) in [6, 6.07) is 2.55. The minimum Gasteiger partial charge on any atom is -0.296 e. The van der Waals surface area contributed by atoms with Gasteiger partial charge in [-0.15, -0.1) is 0 Å². The third-order valence-electron chi connectivity index (χ3n) is 4.27. The molecule has 5 heteroatoms. The summed E-state index contributed by atoms with van der Waals surface area (Å²) < 4.78 is 0. The van der Waals surface area contributed by atoms with Crippen molar-refractivity contribution in [1.82, 2.24) is 15.4 Å². The van der Waals surface area contributed by atoms with Crippen molar-refractivity contribution >= 4 is 5.91 Å². The van der Waals surface area contributed by atoms with E-state index in [1.54, 1.807) is 5.48 Å². The maximum absolute atomic E-state index is 11.4. The summed E-state index contributed by atoms with van der Waals surface area (Å²) in [7, 11) is 0. The van der Waals surface area contributed by atoms with E-state index in [0.717, 1.165) is 30.8 Å². The fourth-order valence-electron chi connectivity index (χ4n) is 3.22. The van der Waals surface area contributed by atoms with Crippen LogP contribution in [-0.4, -0.2) is 33.6 Å². The van der Waals surface area contributed by atoms with Gasteiger partial charge in [0.1, 0.15) is 0 Å². The lowest BCUT2D eigenvalue weighted by Crippen LogP contribution is -2.38. The van der Waals surface area contributed by atoms with E-state index in [0.29, 0.717) is 11.6 Å². The van der Waals surface area contributed by atoms with Crippen molar-refractivity contribution in [2.45, 2.75) is 44.7 Å². The molecule has 0 saturated heterocycles. The minimum atomic E-state index is -0.492. The van der Waals surface area contributed by atoms with Crippen molar-refractivity contribution in [1.29, 1.82) is 0 Å². The molecule has 5 nitrogen and oxygen atoms in total.